The molecule has 0 bridgehead atoms. The van der Waals surface area contributed by atoms with Crippen LogP contribution in [0.3, 0.4) is 0 Å². The Balaban J connectivity index is 2.10. The molecule has 2 rings (SSSR count). The maximum atomic E-state index is 12.1. The van der Waals surface area contributed by atoms with Gasteiger partial charge in [0.2, 0.25) is 0 Å². The number of alkyl halides is 3. The van der Waals surface area contributed by atoms with Gasteiger partial charge in [0, 0.05) is 25.7 Å². The van der Waals surface area contributed by atoms with Gasteiger partial charge < -0.3 is 15.4 Å². The molecule has 0 spiro atoms. The molecule has 1 aliphatic rings. The van der Waals surface area contributed by atoms with Crippen LogP contribution in [-0.4, -0.2) is 26.0 Å². The van der Waals surface area contributed by atoms with E-state index in [1.807, 2.05) is 0 Å². The van der Waals surface area contributed by atoms with Crippen molar-refractivity contribution in [3.05, 3.63) is 29.8 Å². The molecule has 0 amide bonds. The van der Waals surface area contributed by atoms with Crippen molar-refractivity contribution < 1.29 is 17.9 Å². The van der Waals surface area contributed by atoms with E-state index in [-0.39, 0.29) is 11.8 Å². The molecule has 1 atom stereocenters. The van der Waals surface area contributed by atoms with Crippen molar-refractivity contribution in [1.29, 1.82) is 0 Å². The zero-order valence-electron chi connectivity index (χ0n) is 9.05. The van der Waals surface area contributed by atoms with Gasteiger partial charge in [0.05, 0.1) is 0 Å². The van der Waals surface area contributed by atoms with E-state index in [1.54, 1.807) is 12.1 Å². The minimum Gasteiger partial charge on any atom is -0.406 e. The lowest BCUT2D eigenvalue weighted by molar-refractivity contribution is -0.274. The van der Waals surface area contributed by atoms with Crippen LogP contribution in [0.1, 0.15) is 11.6 Å². The molecule has 1 saturated heterocycles. The lowest BCUT2D eigenvalue weighted by atomic mass is 10.1. The molecule has 94 valence electrons. The molecule has 2 N–H and O–H groups in total. The van der Waals surface area contributed by atoms with Gasteiger partial charge in [-0.15, -0.1) is 13.2 Å². The first-order valence-electron chi connectivity index (χ1n) is 5.34. The van der Waals surface area contributed by atoms with Crippen molar-refractivity contribution in [2.24, 2.45) is 0 Å². The summed E-state index contributed by atoms with van der Waals surface area (Å²) in [5.74, 6) is -0.178. The number of benzene rings is 1. The molecular formula is C11H13F3N2O. The average Bonchev–Trinajstić information content (AvgIpc) is 2.28. The summed E-state index contributed by atoms with van der Waals surface area (Å²) in [6.45, 7) is 2.37. The van der Waals surface area contributed by atoms with Crippen LogP contribution in [0.15, 0.2) is 24.3 Å². The minimum absolute atomic E-state index is 0.0283. The van der Waals surface area contributed by atoms with Crippen LogP contribution in [0, 0.1) is 0 Å². The van der Waals surface area contributed by atoms with Gasteiger partial charge >= 0.3 is 6.36 Å². The van der Waals surface area contributed by atoms with Gasteiger partial charge in [-0.1, -0.05) is 12.1 Å². The third kappa shape index (κ3) is 3.61. The summed E-state index contributed by atoms with van der Waals surface area (Å²) in [6.07, 6.45) is -4.64. The van der Waals surface area contributed by atoms with E-state index in [4.69, 9.17) is 0 Å². The molecule has 0 aromatic heterocycles. The maximum Gasteiger partial charge on any atom is 0.573 e. The summed E-state index contributed by atoms with van der Waals surface area (Å²) in [5, 5.41) is 6.40. The molecule has 0 saturated carbocycles. The summed E-state index contributed by atoms with van der Waals surface area (Å²) < 4.78 is 40.1. The van der Waals surface area contributed by atoms with Crippen molar-refractivity contribution in [2.75, 3.05) is 19.6 Å². The molecule has 1 aromatic carbocycles. The Kier molecular flexibility index (Phi) is 3.54. The number of hydrogen-bond acceptors (Lipinski definition) is 3. The fraction of sp³-hybridized carbons (Fsp3) is 0.455. The molecule has 1 unspecified atom stereocenters. The Labute approximate surface area is 97.0 Å². The standard InChI is InChI=1S/C11H13F3N2O/c12-11(13,14)17-9-3-1-2-8(6-9)10-7-15-4-5-16-10/h1-3,6,10,15-16H,4-5,7H2. The second kappa shape index (κ2) is 4.93. The topological polar surface area (TPSA) is 33.3 Å². The summed E-state index contributed by atoms with van der Waals surface area (Å²) in [4.78, 5) is 0. The highest BCUT2D eigenvalue weighted by atomic mass is 19.4. The summed E-state index contributed by atoms with van der Waals surface area (Å²) >= 11 is 0. The predicted octanol–water partition coefficient (Wildman–Crippen LogP) is 1.82. The third-order valence-corrected chi connectivity index (χ3v) is 2.54. The van der Waals surface area contributed by atoms with Gasteiger partial charge in [0.1, 0.15) is 5.75 Å². The molecule has 3 nitrogen and oxygen atoms in total. The van der Waals surface area contributed by atoms with Crippen LogP contribution in [0.2, 0.25) is 0 Å². The number of piperazine rings is 1. The van der Waals surface area contributed by atoms with Crippen molar-refractivity contribution in [3.63, 3.8) is 0 Å². The van der Waals surface area contributed by atoms with Crippen LogP contribution in [0.4, 0.5) is 13.2 Å². The zero-order valence-corrected chi connectivity index (χ0v) is 9.05. The summed E-state index contributed by atoms with van der Waals surface area (Å²) in [7, 11) is 0. The summed E-state index contributed by atoms with van der Waals surface area (Å²) in [6, 6.07) is 6.09. The molecule has 1 aliphatic heterocycles. The lowest BCUT2D eigenvalue weighted by Crippen LogP contribution is -2.42. The van der Waals surface area contributed by atoms with Crippen LogP contribution in [0.25, 0.3) is 0 Å². The minimum atomic E-state index is -4.64. The number of nitrogens with one attached hydrogen (secondary N) is 2. The monoisotopic (exact) mass is 246 g/mol. The molecule has 0 aliphatic carbocycles. The van der Waals surface area contributed by atoms with E-state index < -0.39 is 6.36 Å². The van der Waals surface area contributed by atoms with E-state index in [2.05, 4.69) is 15.4 Å². The normalized spacial score (nSPS) is 21.2. The zero-order chi connectivity index (χ0) is 12.3. The van der Waals surface area contributed by atoms with E-state index >= 15 is 0 Å². The average molecular weight is 246 g/mol. The molecule has 0 radical (unpaired) electrons. The number of rotatable bonds is 2. The van der Waals surface area contributed by atoms with Crippen molar-refractivity contribution in [3.8, 4) is 5.75 Å². The highest BCUT2D eigenvalue weighted by Gasteiger charge is 2.31. The Morgan fingerprint density at radius 1 is 1.24 bits per heavy atom. The van der Waals surface area contributed by atoms with Crippen LogP contribution >= 0.6 is 0 Å². The molecule has 1 fully saturated rings. The van der Waals surface area contributed by atoms with Gasteiger partial charge in [-0.05, 0) is 17.7 Å². The molecule has 17 heavy (non-hydrogen) atoms. The van der Waals surface area contributed by atoms with Gasteiger partial charge in [0.25, 0.3) is 0 Å². The predicted molar refractivity (Wildman–Crippen MR) is 56.7 cm³/mol. The van der Waals surface area contributed by atoms with Crippen molar-refractivity contribution >= 4 is 0 Å². The quantitative estimate of drug-likeness (QED) is 0.835. The van der Waals surface area contributed by atoms with E-state index in [9.17, 15) is 13.2 Å². The van der Waals surface area contributed by atoms with Crippen molar-refractivity contribution in [1.82, 2.24) is 10.6 Å². The first-order valence-corrected chi connectivity index (χ1v) is 5.34. The Morgan fingerprint density at radius 3 is 2.71 bits per heavy atom. The second-order valence-corrected chi connectivity index (χ2v) is 3.83. The smallest absolute Gasteiger partial charge is 0.406 e. The first-order chi connectivity index (χ1) is 8.04. The highest BCUT2D eigenvalue weighted by molar-refractivity contribution is 5.31. The van der Waals surface area contributed by atoms with E-state index in [1.165, 1.54) is 12.1 Å². The second-order valence-electron chi connectivity index (χ2n) is 3.83. The molecule has 6 heteroatoms. The largest absolute Gasteiger partial charge is 0.573 e. The van der Waals surface area contributed by atoms with Crippen LogP contribution in [0.5, 0.6) is 5.75 Å². The Morgan fingerprint density at radius 2 is 2.06 bits per heavy atom. The fourth-order valence-electron chi connectivity index (χ4n) is 1.82. The number of hydrogen-bond donors (Lipinski definition) is 2. The van der Waals surface area contributed by atoms with Crippen LogP contribution < -0.4 is 15.4 Å². The molecule has 1 aromatic rings. The van der Waals surface area contributed by atoms with Gasteiger partial charge in [0.15, 0.2) is 0 Å². The van der Waals surface area contributed by atoms with E-state index in [0.717, 1.165) is 18.7 Å². The SMILES string of the molecule is FC(F)(F)Oc1cccc(C2CNCCN2)c1. The number of ether oxygens (including phenoxy) is 1. The number of halogens is 3. The van der Waals surface area contributed by atoms with Crippen LogP contribution in [-0.2, 0) is 0 Å². The fourth-order valence-corrected chi connectivity index (χ4v) is 1.82. The lowest BCUT2D eigenvalue weighted by Gasteiger charge is -2.25. The van der Waals surface area contributed by atoms with Gasteiger partial charge in [-0.3, -0.25) is 0 Å². The Hall–Kier alpha value is -1.27. The third-order valence-electron chi connectivity index (χ3n) is 2.54. The maximum absolute atomic E-state index is 12.1. The Bertz CT molecular complexity index is 375. The molecular weight excluding hydrogens is 233 g/mol. The highest BCUT2D eigenvalue weighted by Crippen LogP contribution is 2.25. The van der Waals surface area contributed by atoms with Gasteiger partial charge in [-0.2, -0.15) is 0 Å². The van der Waals surface area contributed by atoms with E-state index in [0.29, 0.717) is 6.54 Å². The first kappa shape index (κ1) is 12.2. The van der Waals surface area contributed by atoms with Crippen molar-refractivity contribution in [2.45, 2.75) is 12.4 Å². The summed E-state index contributed by atoms with van der Waals surface area (Å²) in [5.41, 5.74) is 0.791. The molecule has 1 heterocycles. The van der Waals surface area contributed by atoms with Gasteiger partial charge in [-0.25, -0.2) is 0 Å².